The third-order valence-corrected chi connectivity index (χ3v) is 4.82. The van der Waals surface area contributed by atoms with E-state index in [1.165, 1.54) is 6.33 Å². The topological polar surface area (TPSA) is 102 Å². The van der Waals surface area contributed by atoms with Crippen molar-refractivity contribution in [2.45, 2.75) is 39.0 Å². The summed E-state index contributed by atoms with van der Waals surface area (Å²) in [5.74, 6) is 2.18. The van der Waals surface area contributed by atoms with Gasteiger partial charge in [0.15, 0.2) is 17.0 Å². The quantitative estimate of drug-likeness (QED) is 0.610. The Morgan fingerprint density at radius 1 is 1.62 bits per heavy atom. The number of carbonyl (C=O) groups is 1. The monoisotopic (exact) mass is 377 g/mol. The van der Waals surface area contributed by atoms with E-state index in [2.05, 4.69) is 26.2 Å². The maximum Gasteiger partial charge on any atom is 0.232 e. The molecule has 1 saturated heterocycles. The lowest BCUT2D eigenvalue weighted by molar-refractivity contribution is -0.119. The highest BCUT2D eigenvalue weighted by atomic mass is 35.5. The standard InChI is InChI=1S/C17H20ClN5O3/c1-4-9(3)15(25)22-17-20-13(18)12-14(21-17)23(8-19-12)16-10(5-2)6-11(7-24)26-16/h2,8-11,16,24H,4,6-7H2,1,3H3,(H,20,21,22,25)/t9?,10-,11?,16?/m0/s1. The van der Waals surface area contributed by atoms with Gasteiger partial charge in [0.2, 0.25) is 11.9 Å². The summed E-state index contributed by atoms with van der Waals surface area (Å²) >= 11 is 6.21. The summed E-state index contributed by atoms with van der Waals surface area (Å²) in [6.07, 6.45) is 7.50. The summed E-state index contributed by atoms with van der Waals surface area (Å²) in [5, 5.41) is 12.2. The van der Waals surface area contributed by atoms with Crippen LogP contribution in [0.5, 0.6) is 0 Å². The number of anilines is 1. The lowest BCUT2D eigenvalue weighted by atomic mass is 10.0. The summed E-state index contributed by atoms with van der Waals surface area (Å²) in [4.78, 5) is 24.8. The molecule has 2 N–H and O–H groups in total. The molecule has 3 rings (SSSR count). The normalized spacial score (nSPS) is 23.7. The van der Waals surface area contributed by atoms with Gasteiger partial charge in [-0.3, -0.25) is 14.7 Å². The third-order valence-electron chi connectivity index (χ3n) is 4.56. The average molecular weight is 378 g/mol. The second-order valence-electron chi connectivity index (χ2n) is 6.30. The first kappa shape index (κ1) is 18.6. The Morgan fingerprint density at radius 2 is 2.38 bits per heavy atom. The highest BCUT2D eigenvalue weighted by Crippen LogP contribution is 2.36. The van der Waals surface area contributed by atoms with E-state index < -0.39 is 6.23 Å². The van der Waals surface area contributed by atoms with Crippen LogP contribution in [0.2, 0.25) is 5.15 Å². The van der Waals surface area contributed by atoms with Crippen LogP contribution >= 0.6 is 11.6 Å². The predicted molar refractivity (Wildman–Crippen MR) is 96.4 cm³/mol. The van der Waals surface area contributed by atoms with Crippen molar-refractivity contribution in [3.63, 3.8) is 0 Å². The average Bonchev–Trinajstić information content (AvgIpc) is 3.24. The smallest absolute Gasteiger partial charge is 0.232 e. The number of nitrogens with one attached hydrogen (secondary N) is 1. The molecule has 138 valence electrons. The Morgan fingerprint density at radius 3 is 3.04 bits per heavy atom. The van der Waals surface area contributed by atoms with E-state index in [1.54, 1.807) is 4.57 Å². The molecule has 0 saturated carbocycles. The highest BCUT2D eigenvalue weighted by molar-refractivity contribution is 6.33. The van der Waals surface area contributed by atoms with Gasteiger partial charge in [0.25, 0.3) is 0 Å². The Labute approximate surface area is 155 Å². The number of imidazole rings is 1. The molecule has 0 aliphatic carbocycles. The lowest BCUT2D eigenvalue weighted by Crippen LogP contribution is -2.21. The Kier molecular flexibility index (Phi) is 5.41. The Hall–Kier alpha value is -2.21. The summed E-state index contributed by atoms with van der Waals surface area (Å²) in [7, 11) is 0. The Balaban J connectivity index is 1.98. The van der Waals surface area contributed by atoms with Gasteiger partial charge in [0, 0.05) is 5.92 Å². The van der Waals surface area contributed by atoms with E-state index in [4.69, 9.17) is 22.8 Å². The molecule has 3 heterocycles. The molecular weight excluding hydrogens is 358 g/mol. The zero-order valence-corrected chi connectivity index (χ0v) is 15.3. The predicted octanol–water partition coefficient (Wildman–Crippen LogP) is 1.99. The number of aromatic nitrogens is 4. The number of terminal acetylenes is 1. The van der Waals surface area contributed by atoms with E-state index in [1.807, 2.05) is 13.8 Å². The van der Waals surface area contributed by atoms with E-state index in [9.17, 15) is 9.90 Å². The number of aliphatic hydroxyl groups is 1. The molecule has 8 nitrogen and oxygen atoms in total. The van der Waals surface area contributed by atoms with Crippen molar-refractivity contribution in [1.29, 1.82) is 0 Å². The lowest BCUT2D eigenvalue weighted by Gasteiger charge is -2.17. The van der Waals surface area contributed by atoms with Crippen LogP contribution in [-0.4, -0.2) is 43.2 Å². The van der Waals surface area contributed by atoms with Crippen LogP contribution in [0.15, 0.2) is 6.33 Å². The molecule has 3 unspecified atom stereocenters. The van der Waals surface area contributed by atoms with Crippen molar-refractivity contribution < 1.29 is 14.6 Å². The molecule has 0 aromatic carbocycles. The summed E-state index contributed by atoms with van der Waals surface area (Å²) < 4.78 is 7.49. The van der Waals surface area contributed by atoms with Crippen LogP contribution in [0.1, 0.15) is 32.9 Å². The Bertz CT molecular complexity index is 862. The van der Waals surface area contributed by atoms with E-state index >= 15 is 0 Å². The molecular formula is C17H20ClN5O3. The van der Waals surface area contributed by atoms with Gasteiger partial charge >= 0.3 is 0 Å². The largest absolute Gasteiger partial charge is 0.394 e. The fourth-order valence-corrected chi connectivity index (χ4v) is 3.03. The van der Waals surface area contributed by atoms with Crippen LogP contribution in [-0.2, 0) is 9.53 Å². The van der Waals surface area contributed by atoms with Crippen LogP contribution in [0.3, 0.4) is 0 Å². The number of nitrogens with zero attached hydrogens (tertiary/aromatic N) is 4. The fraction of sp³-hybridized carbons (Fsp3) is 0.529. The summed E-state index contributed by atoms with van der Waals surface area (Å²) in [6, 6.07) is 0. The number of aliphatic hydroxyl groups excluding tert-OH is 1. The molecule has 0 bridgehead atoms. The van der Waals surface area contributed by atoms with Gasteiger partial charge < -0.3 is 9.84 Å². The van der Waals surface area contributed by atoms with Crippen molar-refractivity contribution in [1.82, 2.24) is 19.5 Å². The molecule has 1 aliphatic heterocycles. The second-order valence-corrected chi connectivity index (χ2v) is 6.66. The molecule has 1 aliphatic rings. The van der Waals surface area contributed by atoms with Gasteiger partial charge in [-0.2, -0.15) is 9.97 Å². The van der Waals surface area contributed by atoms with Crippen molar-refractivity contribution in [2.24, 2.45) is 11.8 Å². The van der Waals surface area contributed by atoms with Crippen molar-refractivity contribution in [3.05, 3.63) is 11.5 Å². The number of ether oxygens (including phenoxy) is 1. The van der Waals surface area contributed by atoms with E-state index in [0.717, 1.165) is 0 Å². The number of rotatable bonds is 5. The van der Waals surface area contributed by atoms with Gasteiger partial charge in [0.1, 0.15) is 5.52 Å². The van der Waals surface area contributed by atoms with Gasteiger partial charge in [-0.1, -0.05) is 31.4 Å². The summed E-state index contributed by atoms with van der Waals surface area (Å²) in [5.41, 5.74) is 0.799. The molecule has 1 amide bonds. The minimum absolute atomic E-state index is 0.100. The maximum atomic E-state index is 12.1. The zero-order valence-electron chi connectivity index (χ0n) is 14.5. The van der Waals surface area contributed by atoms with Crippen LogP contribution in [0.4, 0.5) is 5.95 Å². The number of amides is 1. The minimum atomic E-state index is -0.522. The maximum absolute atomic E-state index is 12.1. The summed E-state index contributed by atoms with van der Waals surface area (Å²) in [6.45, 7) is 3.62. The van der Waals surface area contributed by atoms with Gasteiger partial charge in [-0.15, -0.1) is 6.42 Å². The van der Waals surface area contributed by atoms with E-state index in [-0.39, 0.29) is 41.6 Å². The first-order chi connectivity index (χ1) is 12.5. The number of fused-ring (bicyclic) bond motifs is 1. The van der Waals surface area contributed by atoms with Crippen molar-refractivity contribution in [3.8, 4) is 12.3 Å². The number of halogens is 1. The van der Waals surface area contributed by atoms with Crippen LogP contribution < -0.4 is 5.32 Å². The first-order valence-electron chi connectivity index (χ1n) is 8.41. The fourth-order valence-electron chi connectivity index (χ4n) is 2.82. The minimum Gasteiger partial charge on any atom is -0.394 e. The van der Waals surface area contributed by atoms with Gasteiger partial charge in [0.05, 0.1) is 25.0 Å². The van der Waals surface area contributed by atoms with Crippen molar-refractivity contribution in [2.75, 3.05) is 11.9 Å². The molecule has 2 aromatic heterocycles. The number of hydrogen-bond acceptors (Lipinski definition) is 6. The second kappa shape index (κ2) is 7.58. The molecule has 4 atom stereocenters. The SMILES string of the molecule is C#C[C@H]1CC(CO)OC1n1cnc2c(Cl)nc(NC(=O)C(C)CC)nc21. The molecule has 2 aromatic rings. The van der Waals surface area contributed by atoms with Gasteiger partial charge in [-0.25, -0.2) is 4.98 Å². The van der Waals surface area contributed by atoms with Crippen molar-refractivity contribution >= 4 is 34.6 Å². The van der Waals surface area contributed by atoms with Crippen LogP contribution in [0.25, 0.3) is 11.2 Å². The molecule has 9 heteroatoms. The van der Waals surface area contributed by atoms with Crippen LogP contribution in [0, 0.1) is 24.2 Å². The third kappa shape index (κ3) is 3.38. The van der Waals surface area contributed by atoms with E-state index in [0.29, 0.717) is 24.0 Å². The molecule has 1 fully saturated rings. The number of hydrogen-bond donors (Lipinski definition) is 2. The number of carbonyl (C=O) groups excluding carboxylic acids is 1. The van der Waals surface area contributed by atoms with Gasteiger partial charge in [-0.05, 0) is 12.8 Å². The first-order valence-corrected chi connectivity index (χ1v) is 8.79. The zero-order chi connectivity index (χ0) is 18.8. The highest BCUT2D eigenvalue weighted by Gasteiger charge is 2.36. The molecule has 0 spiro atoms. The molecule has 0 radical (unpaired) electrons. The molecule has 26 heavy (non-hydrogen) atoms.